The Balaban J connectivity index is 1.01. The molecule has 36 heavy (non-hydrogen) atoms. The number of benzene rings is 1. The number of amides is 1. The first kappa shape index (κ1) is 23.9. The Bertz CT molecular complexity index is 1290. The number of aryl methyl sites for hydroxylation is 1. The number of hydrogen-bond acceptors (Lipinski definition) is 6. The van der Waals surface area contributed by atoms with Gasteiger partial charge in [-0.15, -0.1) is 15.3 Å². The molecule has 10 heteroatoms. The number of nitrogens with one attached hydrogen (secondary N) is 1. The second-order valence-corrected chi connectivity index (χ2v) is 9.44. The Morgan fingerprint density at radius 2 is 1.92 bits per heavy atom. The molecule has 1 aromatic carbocycles. The number of halogens is 1. The third-order valence-electron chi connectivity index (χ3n) is 6.90. The van der Waals surface area contributed by atoms with E-state index < -0.39 is 0 Å². The number of nitrogens with zero attached hydrogens (tertiary/aromatic N) is 7. The lowest BCUT2D eigenvalue weighted by Crippen LogP contribution is -2.41. The van der Waals surface area contributed by atoms with Gasteiger partial charge in [-0.3, -0.25) is 9.89 Å². The quantitative estimate of drug-likeness (QED) is 0.359. The Morgan fingerprint density at radius 3 is 2.72 bits per heavy atom. The lowest BCUT2D eigenvalue weighted by molar-refractivity contribution is -0.134. The van der Waals surface area contributed by atoms with Crippen molar-refractivity contribution >= 4 is 17.4 Å². The molecule has 4 heterocycles. The van der Waals surface area contributed by atoms with Gasteiger partial charge in [-0.2, -0.15) is 9.61 Å². The normalized spacial score (nSPS) is 14.4. The number of unbranched alkanes of at least 4 members (excludes halogenated alkanes) is 2. The van der Waals surface area contributed by atoms with Crippen LogP contribution in [0.2, 0.25) is 0 Å². The number of carbonyl (C=O) groups excluding carboxylic acids is 1. The molecule has 9 nitrogen and oxygen atoms in total. The summed E-state index contributed by atoms with van der Waals surface area (Å²) in [5.74, 6) is 0.959. The van der Waals surface area contributed by atoms with Crippen LogP contribution in [-0.4, -0.2) is 67.5 Å². The van der Waals surface area contributed by atoms with Gasteiger partial charge in [-0.25, -0.2) is 4.39 Å². The summed E-state index contributed by atoms with van der Waals surface area (Å²) in [7, 11) is 1.92. The predicted molar refractivity (Wildman–Crippen MR) is 135 cm³/mol. The molecule has 1 saturated heterocycles. The molecule has 188 valence electrons. The Kier molecular flexibility index (Phi) is 7.20. The van der Waals surface area contributed by atoms with E-state index in [0.29, 0.717) is 0 Å². The van der Waals surface area contributed by atoms with Gasteiger partial charge in [0.15, 0.2) is 5.65 Å². The van der Waals surface area contributed by atoms with Gasteiger partial charge in [0, 0.05) is 43.9 Å². The van der Waals surface area contributed by atoms with Crippen LogP contribution < -0.4 is 4.90 Å². The molecule has 1 fully saturated rings. The highest BCUT2D eigenvalue weighted by Crippen LogP contribution is 2.24. The van der Waals surface area contributed by atoms with E-state index >= 15 is 0 Å². The third kappa shape index (κ3) is 5.53. The Labute approximate surface area is 209 Å². The van der Waals surface area contributed by atoms with Gasteiger partial charge < -0.3 is 9.80 Å². The summed E-state index contributed by atoms with van der Waals surface area (Å²) in [6.45, 7) is 2.40. The van der Waals surface area contributed by atoms with Crippen molar-refractivity contribution in [2.75, 3.05) is 31.6 Å². The van der Waals surface area contributed by atoms with Gasteiger partial charge >= 0.3 is 0 Å². The van der Waals surface area contributed by atoms with Crippen molar-refractivity contribution in [2.24, 2.45) is 5.92 Å². The van der Waals surface area contributed by atoms with Crippen LogP contribution in [0.5, 0.6) is 0 Å². The maximum atomic E-state index is 13.1. The molecule has 0 bridgehead atoms. The second kappa shape index (κ2) is 10.8. The molecular formula is C26H31FN8O. The van der Waals surface area contributed by atoms with Crippen LogP contribution in [0.4, 0.5) is 10.2 Å². The number of hydrogen-bond donors (Lipinski definition) is 1. The van der Waals surface area contributed by atoms with Crippen molar-refractivity contribution in [3.8, 4) is 11.3 Å². The molecule has 0 unspecified atom stereocenters. The van der Waals surface area contributed by atoms with Crippen molar-refractivity contribution in [3.63, 3.8) is 0 Å². The maximum Gasteiger partial charge on any atom is 0.225 e. The second-order valence-electron chi connectivity index (χ2n) is 9.44. The number of fused-ring (bicyclic) bond motifs is 1. The van der Waals surface area contributed by atoms with Gasteiger partial charge in [-0.05, 0) is 74.6 Å². The highest BCUT2D eigenvalue weighted by molar-refractivity contribution is 5.78. The van der Waals surface area contributed by atoms with E-state index in [1.165, 1.54) is 12.1 Å². The molecule has 1 aliphatic heterocycles. The van der Waals surface area contributed by atoms with Crippen LogP contribution in [-0.2, 0) is 11.2 Å². The van der Waals surface area contributed by atoms with Crippen LogP contribution in [0.15, 0.2) is 48.8 Å². The van der Waals surface area contributed by atoms with Crippen molar-refractivity contribution in [2.45, 2.75) is 38.5 Å². The minimum absolute atomic E-state index is 0.0692. The highest BCUT2D eigenvalue weighted by atomic mass is 19.1. The molecule has 0 spiro atoms. The maximum absolute atomic E-state index is 13.1. The summed E-state index contributed by atoms with van der Waals surface area (Å²) in [5, 5.41) is 19.9. The Hall–Kier alpha value is -3.82. The van der Waals surface area contributed by atoms with E-state index in [-0.39, 0.29) is 17.6 Å². The SMILES string of the molecule is CN(CCCCCc1cc(-c2ccc(F)cc2)n[nH]1)C(=O)C1CCN(c2ccc3nncn3n2)CC1. The molecule has 1 aliphatic rings. The fraction of sp³-hybridized carbons (Fsp3) is 0.423. The van der Waals surface area contributed by atoms with Gasteiger partial charge in [0.05, 0.1) is 5.69 Å². The third-order valence-corrected chi connectivity index (χ3v) is 6.90. The number of carbonyl (C=O) groups is 1. The first-order chi connectivity index (χ1) is 17.6. The predicted octanol–water partition coefficient (Wildman–Crippen LogP) is 3.74. The summed E-state index contributed by atoms with van der Waals surface area (Å²) in [5.41, 5.74) is 3.53. The molecule has 4 aromatic rings. The van der Waals surface area contributed by atoms with E-state index in [4.69, 9.17) is 0 Å². The van der Waals surface area contributed by atoms with Crippen molar-refractivity contribution < 1.29 is 9.18 Å². The zero-order chi connectivity index (χ0) is 24.9. The molecule has 0 saturated carbocycles. The lowest BCUT2D eigenvalue weighted by Gasteiger charge is -2.33. The summed E-state index contributed by atoms with van der Waals surface area (Å²) < 4.78 is 14.8. The van der Waals surface area contributed by atoms with Gasteiger partial charge in [0.2, 0.25) is 5.91 Å². The number of H-pyrrole nitrogens is 1. The lowest BCUT2D eigenvalue weighted by atomic mass is 9.95. The fourth-order valence-electron chi connectivity index (χ4n) is 4.76. The molecular weight excluding hydrogens is 459 g/mol. The first-order valence-corrected chi connectivity index (χ1v) is 12.5. The van der Waals surface area contributed by atoms with Crippen LogP contribution >= 0.6 is 0 Å². The highest BCUT2D eigenvalue weighted by Gasteiger charge is 2.27. The minimum Gasteiger partial charge on any atom is -0.355 e. The molecule has 1 N–H and O–H groups in total. The molecule has 3 aromatic heterocycles. The largest absolute Gasteiger partial charge is 0.355 e. The number of aromatic nitrogens is 6. The summed E-state index contributed by atoms with van der Waals surface area (Å²) in [4.78, 5) is 17.1. The fourth-order valence-corrected chi connectivity index (χ4v) is 4.76. The summed E-state index contributed by atoms with van der Waals surface area (Å²) in [6, 6.07) is 12.3. The standard InChI is InChI=1S/C26H31FN8O/c1-33(14-4-2-3-5-22-17-23(30-29-22)19-6-8-21(27)9-7-19)26(36)20-12-15-34(16-13-20)25-11-10-24-31-28-18-35(24)32-25/h6-11,17-18,20H,2-5,12-16H2,1H3,(H,29,30). The van der Waals surface area contributed by atoms with Crippen LogP contribution in [0, 0.1) is 11.7 Å². The average Bonchev–Trinajstić information content (AvgIpc) is 3.58. The monoisotopic (exact) mass is 490 g/mol. The topological polar surface area (TPSA) is 95.3 Å². The summed E-state index contributed by atoms with van der Waals surface area (Å²) in [6.07, 6.45) is 7.21. The van der Waals surface area contributed by atoms with Gasteiger partial charge in [-0.1, -0.05) is 6.42 Å². The van der Waals surface area contributed by atoms with E-state index in [1.807, 2.05) is 30.1 Å². The molecule has 1 amide bonds. The number of piperidine rings is 1. The van der Waals surface area contributed by atoms with Crippen molar-refractivity contribution in [1.82, 2.24) is 34.9 Å². The van der Waals surface area contributed by atoms with Gasteiger partial charge in [0.1, 0.15) is 18.0 Å². The zero-order valence-corrected chi connectivity index (χ0v) is 20.5. The number of rotatable bonds is 9. The minimum atomic E-state index is -0.248. The smallest absolute Gasteiger partial charge is 0.225 e. The Morgan fingerprint density at radius 1 is 1.11 bits per heavy atom. The van der Waals surface area contributed by atoms with Crippen molar-refractivity contribution in [3.05, 3.63) is 60.3 Å². The van der Waals surface area contributed by atoms with Crippen LogP contribution in [0.3, 0.4) is 0 Å². The molecule has 5 rings (SSSR count). The van der Waals surface area contributed by atoms with E-state index in [2.05, 4.69) is 30.4 Å². The number of aromatic amines is 1. The zero-order valence-electron chi connectivity index (χ0n) is 20.5. The van der Waals surface area contributed by atoms with E-state index in [0.717, 1.165) is 86.6 Å². The van der Waals surface area contributed by atoms with E-state index in [1.54, 1.807) is 23.0 Å². The number of anilines is 1. The van der Waals surface area contributed by atoms with Gasteiger partial charge in [0.25, 0.3) is 0 Å². The molecule has 0 aliphatic carbocycles. The summed E-state index contributed by atoms with van der Waals surface area (Å²) >= 11 is 0. The molecule has 0 atom stereocenters. The van der Waals surface area contributed by atoms with E-state index in [9.17, 15) is 9.18 Å². The molecule has 0 radical (unpaired) electrons. The van der Waals surface area contributed by atoms with Crippen LogP contribution in [0.1, 0.15) is 37.8 Å². The average molecular weight is 491 g/mol. The first-order valence-electron chi connectivity index (χ1n) is 12.5. The van der Waals surface area contributed by atoms with Crippen molar-refractivity contribution in [1.29, 1.82) is 0 Å². The van der Waals surface area contributed by atoms with Crippen LogP contribution in [0.25, 0.3) is 16.9 Å².